The van der Waals surface area contributed by atoms with Crippen LogP contribution < -0.4 is 10.1 Å². The van der Waals surface area contributed by atoms with E-state index in [9.17, 15) is 4.79 Å². The third-order valence-electron chi connectivity index (χ3n) is 3.31. The minimum atomic E-state index is -0.112. The third kappa shape index (κ3) is 2.26. The molecule has 4 nitrogen and oxygen atoms in total. The Bertz CT molecular complexity index is 1040. The summed E-state index contributed by atoms with van der Waals surface area (Å²) in [6.45, 7) is 2.03. The van der Waals surface area contributed by atoms with Gasteiger partial charge in [0.1, 0.15) is 0 Å². The SMILES string of the molecule is Cc1ccc(-c2nc3sc(=Cc4cccs4)c(=O)n3n2)cc1. The molecule has 3 heterocycles. The number of thiophene rings is 1. The lowest BCUT2D eigenvalue weighted by atomic mass is 10.1. The first-order valence-corrected chi connectivity index (χ1v) is 8.42. The van der Waals surface area contributed by atoms with E-state index in [2.05, 4.69) is 10.1 Å². The fraction of sp³-hybridized carbons (Fsp3) is 0.0625. The lowest BCUT2D eigenvalue weighted by Gasteiger charge is -1.94. The molecule has 0 bridgehead atoms. The van der Waals surface area contributed by atoms with E-state index in [0.717, 1.165) is 10.4 Å². The first-order chi connectivity index (χ1) is 10.7. The van der Waals surface area contributed by atoms with Gasteiger partial charge in [0.25, 0.3) is 5.56 Å². The number of fused-ring (bicyclic) bond motifs is 1. The second kappa shape index (κ2) is 5.15. The number of hydrogen-bond donors (Lipinski definition) is 0. The molecule has 0 amide bonds. The van der Waals surface area contributed by atoms with Crippen molar-refractivity contribution in [1.29, 1.82) is 0 Å². The number of nitrogens with zero attached hydrogens (tertiary/aromatic N) is 3. The van der Waals surface area contributed by atoms with E-state index in [1.807, 2.05) is 54.8 Å². The zero-order valence-corrected chi connectivity index (χ0v) is 13.3. The average molecular weight is 325 g/mol. The van der Waals surface area contributed by atoms with Crippen molar-refractivity contribution in [3.05, 3.63) is 67.1 Å². The van der Waals surface area contributed by atoms with Crippen molar-refractivity contribution in [2.75, 3.05) is 0 Å². The fourth-order valence-corrected chi connectivity index (χ4v) is 3.79. The molecule has 0 radical (unpaired) electrons. The van der Waals surface area contributed by atoms with Crippen LogP contribution in [0.3, 0.4) is 0 Å². The van der Waals surface area contributed by atoms with Crippen LogP contribution in [0.1, 0.15) is 10.4 Å². The molecule has 4 rings (SSSR count). The van der Waals surface area contributed by atoms with Crippen molar-refractivity contribution in [2.45, 2.75) is 6.92 Å². The number of aromatic nitrogens is 3. The zero-order valence-electron chi connectivity index (χ0n) is 11.7. The Labute approximate surface area is 134 Å². The standard InChI is InChI=1S/C16H11N3OS2/c1-10-4-6-11(7-5-10)14-17-16-19(18-14)15(20)13(22-16)9-12-3-2-8-21-12/h2-9H,1H3. The molecule has 3 aromatic heterocycles. The molecule has 0 unspecified atom stereocenters. The molecule has 0 atom stereocenters. The van der Waals surface area contributed by atoms with Crippen molar-refractivity contribution < 1.29 is 0 Å². The maximum absolute atomic E-state index is 12.4. The van der Waals surface area contributed by atoms with Gasteiger partial charge in [-0.3, -0.25) is 4.79 Å². The molecular weight excluding hydrogens is 314 g/mol. The Morgan fingerprint density at radius 3 is 2.68 bits per heavy atom. The molecule has 0 aliphatic carbocycles. The van der Waals surface area contributed by atoms with Crippen LogP contribution in [0, 0.1) is 6.92 Å². The molecule has 0 aliphatic heterocycles. The molecule has 0 fully saturated rings. The molecule has 0 N–H and O–H groups in total. The van der Waals surface area contributed by atoms with Gasteiger partial charge in [0.05, 0.1) is 4.53 Å². The van der Waals surface area contributed by atoms with Crippen molar-refractivity contribution in [3.63, 3.8) is 0 Å². The molecule has 0 aliphatic rings. The third-order valence-corrected chi connectivity index (χ3v) is 5.09. The topological polar surface area (TPSA) is 47.3 Å². The fourth-order valence-electron chi connectivity index (χ4n) is 2.16. The van der Waals surface area contributed by atoms with Crippen LogP contribution in [0.15, 0.2) is 46.6 Å². The summed E-state index contributed by atoms with van der Waals surface area (Å²) in [5.74, 6) is 0.589. The second-order valence-electron chi connectivity index (χ2n) is 4.93. The number of rotatable bonds is 2. The molecule has 0 spiro atoms. The summed E-state index contributed by atoms with van der Waals surface area (Å²) >= 11 is 2.97. The van der Waals surface area contributed by atoms with Crippen LogP contribution in [0.5, 0.6) is 0 Å². The van der Waals surface area contributed by atoms with Gasteiger partial charge in [0, 0.05) is 10.4 Å². The molecule has 108 valence electrons. The Hall–Kier alpha value is -2.31. The van der Waals surface area contributed by atoms with Crippen LogP contribution >= 0.6 is 22.7 Å². The van der Waals surface area contributed by atoms with Crippen molar-refractivity contribution in [3.8, 4) is 11.4 Å². The highest BCUT2D eigenvalue weighted by Crippen LogP contribution is 2.17. The highest BCUT2D eigenvalue weighted by molar-refractivity contribution is 7.15. The van der Waals surface area contributed by atoms with E-state index in [0.29, 0.717) is 15.3 Å². The van der Waals surface area contributed by atoms with Crippen molar-refractivity contribution in [2.24, 2.45) is 0 Å². The van der Waals surface area contributed by atoms with Gasteiger partial charge in [0.15, 0.2) is 5.82 Å². The second-order valence-corrected chi connectivity index (χ2v) is 6.92. The summed E-state index contributed by atoms with van der Waals surface area (Å²) < 4.78 is 2.05. The summed E-state index contributed by atoms with van der Waals surface area (Å²) in [5.41, 5.74) is 1.99. The summed E-state index contributed by atoms with van der Waals surface area (Å²) in [6, 6.07) is 11.9. The van der Waals surface area contributed by atoms with Gasteiger partial charge in [-0.1, -0.05) is 47.2 Å². The number of thiazole rings is 1. The maximum Gasteiger partial charge on any atom is 0.291 e. The highest BCUT2D eigenvalue weighted by atomic mass is 32.1. The van der Waals surface area contributed by atoms with Crippen molar-refractivity contribution in [1.82, 2.24) is 14.6 Å². The first kappa shape index (κ1) is 13.4. The minimum Gasteiger partial charge on any atom is -0.266 e. The summed E-state index contributed by atoms with van der Waals surface area (Å²) in [6.07, 6.45) is 1.89. The van der Waals surface area contributed by atoms with Crippen LogP contribution in [-0.4, -0.2) is 14.6 Å². The first-order valence-electron chi connectivity index (χ1n) is 6.72. The molecule has 1 aromatic carbocycles. The maximum atomic E-state index is 12.4. The van der Waals surface area contributed by atoms with Crippen LogP contribution in [0.2, 0.25) is 0 Å². The van der Waals surface area contributed by atoms with Gasteiger partial charge in [-0.15, -0.1) is 16.4 Å². The van der Waals surface area contributed by atoms with E-state index in [1.54, 1.807) is 11.3 Å². The van der Waals surface area contributed by atoms with E-state index >= 15 is 0 Å². The van der Waals surface area contributed by atoms with Crippen LogP contribution in [0.25, 0.3) is 22.4 Å². The minimum absolute atomic E-state index is 0.112. The predicted molar refractivity (Wildman–Crippen MR) is 90.4 cm³/mol. The Balaban J connectivity index is 1.84. The van der Waals surface area contributed by atoms with E-state index < -0.39 is 0 Å². The predicted octanol–water partition coefficient (Wildman–Crippen LogP) is 2.74. The van der Waals surface area contributed by atoms with E-state index in [-0.39, 0.29) is 5.56 Å². The Morgan fingerprint density at radius 2 is 2.00 bits per heavy atom. The number of hydrogen-bond acceptors (Lipinski definition) is 5. The molecule has 0 saturated heterocycles. The van der Waals surface area contributed by atoms with Gasteiger partial charge < -0.3 is 0 Å². The van der Waals surface area contributed by atoms with Gasteiger partial charge in [-0.25, -0.2) is 0 Å². The largest absolute Gasteiger partial charge is 0.291 e. The Morgan fingerprint density at radius 1 is 1.18 bits per heavy atom. The average Bonchev–Trinajstić information content (AvgIpc) is 3.21. The summed E-state index contributed by atoms with van der Waals surface area (Å²) in [7, 11) is 0. The van der Waals surface area contributed by atoms with Gasteiger partial charge in [-0.2, -0.15) is 9.50 Å². The van der Waals surface area contributed by atoms with Crippen LogP contribution in [0.4, 0.5) is 0 Å². The lowest BCUT2D eigenvalue weighted by Crippen LogP contribution is -2.23. The van der Waals surface area contributed by atoms with Crippen LogP contribution in [-0.2, 0) is 0 Å². The van der Waals surface area contributed by atoms with Gasteiger partial charge >= 0.3 is 0 Å². The smallest absolute Gasteiger partial charge is 0.266 e. The Kier molecular flexibility index (Phi) is 3.13. The molecule has 0 saturated carbocycles. The molecular formula is C16H11N3OS2. The van der Waals surface area contributed by atoms with Gasteiger partial charge in [0.2, 0.25) is 4.96 Å². The number of benzene rings is 1. The molecule has 4 aromatic rings. The van der Waals surface area contributed by atoms with Gasteiger partial charge in [-0.05, 0) is 24.4 Å². The van der Waals surface area contributed by atoms with Crippen molar-refractivity contribution >= 4 is 33.7 Å². The highest BCUT2D eigenvalue weighted by Gasteiger charge is 2.11. The van der Waals surface area contributed by atoms with E-state index in [1.165, 1.54) is 21.4 Å². The quantitative estimate of drug-likeness (QED) is 0.569. The lowest BCUT2D eigenvalue weighted by molar-refractivity contribution is 0.937. The normalized spacial score (nSPS) is 12.3. The summed E-state index contributed by atoms with van der Waals surface area (Å²) in [5, 5.41) is 6.34. The number of aryl methyl sites for hydroxylation is 1. The summed E-state index contributed by atoms with van der Waals surface area (Å²) in [4.78, 5) is 18.6. The van der Waals surface area contributed by atoms with E-state index in [4.69, 9.17) is 0 Å². The zero-order chi connectivity index (χ0) is 15.1. The molecule has 6 heteroatoms. The monoisotopic (exact) mass is 325 g/mol. The molecule has 22 heavy (non-hydrogen) atoms.